The number of hydrogen-bond acceptors (Lipinski definition) is 7. The van der Waals surface area contributed by atoms with Gasteiger partial charge in [0.15, 0.2) is 11.0 Å². The largest absolute Gasteiger partial charge is 0.324 e. The summed E-state index contributed by atoms with van der Waals surface area (Å²) in [5.41, 5.74) is 5.56. The van der Waals surface area contributed by atoms with Gasteiger partial charge in [0.1, 0.15) is 5.82 Å². The number of tetrazole rings is 1. The van der Waals surface area contributed by atoms with Gasteiger partial charge in [-0.1, -0.05) is 25.1 Å². The van der Waals surface area contributed by atoms with Crippen LogP contribution in [0.25, 0.3) is 0 Å². The fraction of sp³-hybridized carbons (Fsp3) is 0.700. The molecule has 104 valence electrons. The third-order valence-electron chi connectivity index (χ3n) is 2.77. The van der Waals surface area contributed by atoms with Crippen LogP contribution in [0.2, 0.25) is 0 Å². The Morgan fingerprint density at radius 2 is 2.05 bits per heavy atom. The van der Waals surface area contributed by atoms with Crippen LogP contribution in [-0.2, 0) is 25.9 Å². The van der Waals surface area contributed by atoms with E-state index in [1.54, 1.807) is 11.8 Å². The van der Waals surface area contributed by atoms with Gasteiger partial charge in [0.25, 0.3) is 0 Å². The van der Waals surface area contributed by atoms with Gasteiger partial charge in [-0.2, -0.15) is 0 Å². The summed E-state index contributed by atoms with van der Waals surface area (Å²) in [7, 11) is 1.91. The molecule has 0 atom stereocenters. The Kier molecular flexibility index (Phi) is 4.86. The quantitative estimate of drug-likeness (QED) is 0.731. The van der Waals surface area contributed by atoms with Gasteiger partial charge in [0.2, 0.25) is 0 Å². The molecule has 0 aromatic carbocycles. The number of aryl methyl sites for hydroxylation is 1. The maximum Gasteiger partial charge on any atom is 0.191 e. The van der Waals surface area contributed by atoms with Crippen LogP contribution in [0.1, 0.15) is 31.4 Å². The van der Waals surface area contributed by atoms with E-state index in [1.807, 2.05) is 16.3 Å². The molecule has 2 rings (SSSR count). The Balaban J connectivity index is 1.98. The van der Waals surface area contributed by atoms with Gasteiger partial charge < -0.3 is 10.3 Å². The first-order valence-electron chi connectivity index (χ1n) is 6.22. The number of nitrogens with zero attached hydrogens (tertiary/aromatic N) is 7. The lowest BCUT2D eigenvalue weighted by Crippen LogP contribution is -2.06. The van der Waals surface area contributed by atoms with Crippen LogP contribution >= 0.6 is 11.8 Å². The first-order valence-corrected chi connectivity index (χ1v) is 7.21. The Bertz CT molecular complexity index is 519. The summed E-state index contributed by atoms with van der Waals surface area (Å²) in [6.45, 7) is 3.39. The Morgan fingerprint density at radius 1 is 1.21 bits per heavy atom. The van der Waals surface area contributed by atoms with Crippen molar-refractivity contribution in [3.05, 3.63) is 11.6 Å². The molecule has 0 radical (unpaired) electrons. The van der Waals surface area contributed by atoms with Gasteiger partial charge in [0.05, 0.1) is 12.3 Å². The maximum absolute atomic E-state index is 5.56. The fourth-order valence-corrected chi connectivity index (χ4v) is 2.45. The molecule has 0 aliphatic rings. The van der Waals surface area contributed by atoms with E-state index in [1.165, 1.54) is 0 Å². The molecule has 0 saturated heterocycles. The first kappa shape index (κ1) is 13.9. The van der Waals surface area contributed by atoms with Crippen molar-refractivity contribution < 1.29 is 0 Å². The van der Waals surface area contributed by atoms with Crippen LogP contribution in [0.3, 0.4) is 0 Å². The van der Waals surface area contributed by atoms with Crippen molar-refractivity contribution in [3.63, 3.8) is 0 Å². The van der Waals surface area contributed by atoms with E-state index in [9.17, 15) is 0 Å². The van der Waals surface area contributed by atoms with Crippen LogP contribution in [0, 0.1) is 0 Å². The Morgan fingerprint density at radius 3 is 2.74 bits per heavy atom. The van der Waals surface area contributed by atoms with E-state index < -0.39 is 0 Å². The van der Waals surface area contributed by atoms with Crippen LogP contribution in [0.4, 0.5) is 0 Å². The zero-order chi connectivity index (χ0) is 13.7. The van der Waals surface area contributed by atoms with Crippen molar-refractivity contribution >= 4 is 11.8 Å². The predicted octanol–water partition coefficient (Wildman–Crippen LogP) is 0.353. The molecule has 0 saturated carbocycles. The van der Waals surface area contributed by atoms with E-state index in [0.717, 1.165) is 36.2 Å². The summed E-state index contributed by atoms with van der Waals surface area (Å²) < 4.78 is 3.74. The van der Waals surface area contributed by atoms with Crippen LogP contribution in [-0.4, -0.2) is 35.0 Å². The lowest BCUT2D eigenvalue weighted by molar-refractivity contribution is 0.540. The van der Waals surface area contributed by atoms with E-state index >= 15 is 0 Å². The lowest BCUT2D eigenvalue weighted by atomic mass is 10.3. The number of rotatable bonds is 7. The molecule has 0 bridgehead atoms. The van der Waals surface area contributed by atoms with Crippen molar-refractivity contribution in [2.24, 2.45) is 12.8 Å². The zero-order valence-corrected chi connectivity index (χ0v) is 12.0. The topological polar surface area (TPSA) is 100 Å². The van der Waals surface area contributed by atoms with E-state index in [0.29, 0.717) is 12.3 Å². The molecule has 19 heavy (non-hydrogen) atoms. The lowest BCUT2D eigenvalue weighted by Gasteiger charge is -2.03. The van der Waals surface area contributed by atoms with Crippen molar-refractivity contribution in [3.8, 4) is 0 Å². The molecule has 9 heteroatoms. The van der Waals surface area contributed by atoms with Gasteiger partial charge in [-0.15, -0.1) is 15.3 Å². The number of unbranched alkanes of at least 4 members (excludes halogenated alkanes) is 1. The minimum atomic E-state index is 0.387. The van der Waals surface area contributed by atoms with Crippen molar-refractivity contribution in [1.82, 2.24) is 35.0 Å². The Labute approximate surface area is 115 Å². The molecule has 2 N–H and O–H groups in total. The fourth-order valence-electron chi connectivity index (χ4n) is 1.59. The van der Waals surface area contributed by atoms with Gasteiger partial charge in [-0.05, 0) is 16.8 Å². The second-order valence-electron chi connectivity index (χ2n) is 4.12. The summed E-state index contributed by atoms with van der Waals surface area (Å²) in [5, 5.41) is 20.7. The molecule has 2 aromatic heterocycles. The van der Waals surface area contributed by atoms with Gasteiger partial charge in [-0.3, -0.25) is 0 Å². The number of aromatic nitrogens is 7. The minimum absolute atomic E-state index is 0.387. The first-order chi connectivity index (χ1) is 9.26. The summed E-state index contributed by atoms with van der Waals surface area (Å²) in [5.74, 6) is 2.30. The minimum Gasteiger partial charge on any atom is -0.324 e. The second-order valence-corrected chi connectivity index (χ2v) is 5.06. The molecule has 2 heterocycles. The molecule has 0 unspecified atom stereocenters. The smallest absolute Gasteiger partial charge is 0.191 e. The highest BCUT2D eigenvalue weighted by atomic mass is 32.2. The molecule has 2 aromatic rings. The van der Waals surface area contributed by atoms with E-state index in [2.05, 4.69) is 32.6 Å². The third-order valence-corrected chi connectivity index (χ3v) is 3.78. The number of nitrogens with two attached hydrogens (primary N) is 1. The molecular weight excluding hydrogens is 264 g/mol. The highest BCUT2D eigenvalue weighted by Gasteiger charge is 2.11. The average molecular weight is 282 g/mol. The summed E-state index contributed by atoms with van der Waals surface area (Å²) >= 11 is 1.56. The number of hydrogen-bond donors (Lipinski definition) is 1. The highest BCUT2D eigenvalue weighted by molar-refractivity contribution is 7.98. The zero-order valence-electron chi connectivity index (χ0n) is 11.2. The molecule has 8 nitrogen and oxygen atoms in total. The Hall–Kier alpha value is -1.48. The van der Waals surface area contributed by atoms with Crippen LogP contribution in [0.15, 0.2) is 5.16 Å². The number of thioether (sulfide) groups is 1. The monoisotopic (exact) mass is 282 g/mol. The van der Waals surface area contributed by atoms with E-state index in [4.69, 9.17) is 5.73 Å². The van der Waals surface area contributed by atoms with Crippen molar-refractivity contribution in [2.75, 3.05) is 0 Å². The molecule has 0 aliphatic carbocycles. The van der Waals surface area contributed by atoms with Crippen LogP contribution in [0.5, 0.6) is 0 Å². The third kappa shape index (κ3) is 3.29. The maximum atomic E-state index is 5.56. The molecule has 0 aliphatic heterocycles. The standard InChI is InChI=1S/C10H18N8S/c1-3-4-5-18-9(13-15-16-18)7-19-10-14-12-8(6-11)17(10)2/h3-7,11H2,1-2H3. The molecule has 0 amide bonds. The average Bonchev–Trinajstić information content (AvgIpc) is 3.00. The SMILES string of the molecule is CCCCn1nnnc1CSc1nnc(CN)n1C. The van der Waals surface area contributed by atoms with Crippen LogP contribution < -0.4 is 5.73 Å². The summed E-state index contributed by atoms with van der Waals surface area (Å²) in [6, 6.07) is 0. The summed E-state index contributed by atoms with van der Waals surface area (Å²) in [6.07, 6.45) is 2.19. The summed E-state index contributed by atoms with van der Waals surface area (Å²) in [4.78, 5) is 0. The van der Waals surface area contributed by atoms with Gasteiger partial charge in [0, 0.05) is 13.6 Å². The normalized spacial score (nSPS) is 11.1. The van der Waals surface area contributed by atoms with Crippen molar-refractivity contribution in [1.29, 1.82) is 0 Å². The molecule has 0 spiro atoms. The predicted molar refractivity (Wildman–Crippen MR) is 71.2 cm³/mol. The van der Waals surface area contributed by atoms with Gasteiger partial charge >= 0.3 is 0 Å². The molecule has 0 fully saturated rings. The second kappa shape index (κ2) is 6.62. The van der Waals surface area contributed by atoms with E-state index in [-0.39, 0.29) is 0 Å². The molecular formula is C10H18N8S. The van der Waals surface area contributed by atoms with Gasteiger partial charge in [-0.25, -0.2) is 4.68 Å². The highest BCUT2D eigenvalue weighted by Crippen LogP contribution is 2.19. The van der Waals surface area contributed by atoms with Crippen molar-refractivity contribution in [2.45, 2.75) is 43.8 Å².